The van der Waals surface area contributed by atoms with E-state index in [1.165, 1.54) is 32.4 Å². The van der Waals surface area contributed by atoms with Crippen molar-refractivity contribution in [3.8, 4) is 5.75 Å². The number of amides is 1. The Balaban J connectivity index is 1.66. The number of rotatable bonds is 13. The van der Waals surface area contributed by atoms with E-state index < -0.39 is 5.41 Å². The minimum absolute atomic E-state index is 0.187. The molecule has 3 aromatic rings. The molecule has 7 nitrogen and oxygen atoms in total. The van der Waals surface area contributed by atoms with Crippen molar-refractivity contribution < 1.29 is 9.53 Å². The highest BCUT2D eigenvalue weighted by atomic mass is 16.5. The van der Waals surface area contributed by atoms with Gasteiger partial charge < -0.3 is 24.4 Å². The number of fused-ring (bicyclic) bond motifs is 1. The van der Waals surface area contributed by atoms with E-state index in [2.05, 4.69) is 79.4 Å². The molecule has 1 amide bonds. The Morgan fingerprint density at radius 1 is 0.976 bits per heavy atom. The fourth-order valence-corrected chi connectivity index (χ4v) is 5.91. The monoisotopic (exact) mass is 561 g/mol. The standard InChI is InChI=1S/C34H51N5O2/c1-25(2)23-38(24-26(3)4)32(40)34(5,6)27-12-17-30-31(22-27)39(21-11-20-37-18-9-8-10-19-37)33(36-30)35-28-13-15-29(41-7)16-14-28/h12-17,22,25-26H,8-11,18-21,23-24H2,1-7H3,(H,35,36). The number of hydrogen-bond acceptors (Lipinski definition) is 5. The lowest BCUT2D eigenvalue weighted by Gasteiger charge is -2.34. The van der Waals surface area contributed by atoms with Gasteiger partial charge in [0.2, 0.25) is 11.9 Å². The summed E-state index contributed by atoms with van der Waals surface area (Å²) in [5.41, 5.74) is 3.35. The van der Waals surface area contributed by atoms with Gasteiger partial charge in [-0.1, -0.05) is 40.2 Å². The molecule has 7 heteroatoms. The van der Waals surface area contributed by atoms with Crippen LogP contribution < -0.4 is 10.1 Å². The molecule has 0 saturated carbocycles. The molecule has 1 fully saturated rings. The zero-order chi connectivity index (χ0) is 29.6. The predicted octanol–water partition coefficient (Wildman–Crippen LogP) is 7.08. The molecule has 4 rings (SSSR count). The van der Waals surface area contributed by atoms with Gasteiger partial charge in [-0.3, -0.25) is 4.79 Å². The molecule has 2 heterocycles. The summed E-state index contributed by atoms with van der Waals surface area (Å²) in [5.74, 6) is 2.68. The van der Waals surface area contributed by atoms with Crippen molar-refractivity contribution in [2.75, 3.05) is 45.2 Å². The second kappa shape index (κ2) is 13.7. The van der Waals surface area contributed by atoms with Gasteiger partial charge >= 0.3 is 0 Å². The molecule has 0 unspecified atom stereocenters. The molecule has 1 aromatic heterocycles. The Kier molecular flexibility index (Phi) is 10.3. The van der Waals surface area contributed by atoms with E-state index in [9.17, 15) is 4.79 Å². The minimum atomic E-state index is -0.648. The number of nitrogens with zero attached hydrogens (tertiary/aromatic N) is 4. The fourth-order valence-electron chi connectivity index (χ4n) is 5.91. The van der Waals surface area contributed by atoms with Crippen molar-refractivity contribution in [3.63, 3.8) is 0 Å². The van der Waals surface area contributed by atoms with Crippen molar-refractivity contribution in [1.82, 2.24) is 19.4 Å². The summed E-state index contributed by atoms with van der Waals surface area (Å²) < 4.78 is 7.64. The number of hydrogen-bond donors (Lipinski definition) is 1. The molecule has 0 aliphatic carbocycles. The number of nitrogens with one attached hydrogen (secondary N) is 1. The number of methoxy groups -OCH3 is 1. The predicted molar refractivity (Wildman–Crippen MR) is 170 cm³/mol. The first kappa shape index (κ1) is 30.9. The molecule has 0 atom stereocenters. The first-order valence-electron chi connectivity index (χ1n) is 15.5. The van der Waals surface area contributed by atoms with Gasteiger partial charge in [-0.25, -0.2) is 4.98 Å². The lowest BCUT2D eigenvalue weighted by Crippen LogP contribution is -2.46. The third-order valence-corrected chi connectivity index (χ3v) is 8.11. The number of likely N-dealkylation sites (tertiary alicyclic amines) is 1. The Morgan fingerprint density at radius 3 is 2.24 bits per heavy atom. The first-order chi connectivity index (χ1) is 19.6. The second-order valence-electron chi connectivity index (χ2n) is 13.0. The van der Waals surface area contributed by atoms with Crippen LogP contribution in [0.25, 0.3) is 11.0 Å². The van der Waals surface area contributed by atoms with Crippen LogP contribution in [0.4, 0.5) is 11.6 Å². The molecule has 224 valence electrons. The van der Waals surface area contributed by atoms with Crippen LogP contribution in [0.5, 0.6) is 5.75 Å². The van der Waals surface area contributed by atoms with E-state index in [0.717, 1.165) is 66.6 Å². The maximum Gasteiger partial charge on any atom is 0.232 e. The van der Waals surface area contributed by atoms with Crippen LogP contribution in [0.15, 0.2) is 42.5 Å². The molecule has 1 aliphatic heterocycles. The van der Waals surface area contributed by atoms with Crippen LogP contribution in [-0.2, 0) is 16.8 Å². The van der Waals surface area contributed by atoms with E-state index in [1.807, 2.05) is 24.3 Å². The number of imidazole rings is 1. The average molecular weight is 562 g/mol. The van der Waals surface area contributed by atoms with Gasteiger partial charge in [0.05, 0.1) is 23.6 Å². The molecule has 1 N–H and O–H groups in total. The number of aryl methyl sites for hydroxylation is 1. The topological polar surface area (TPSA) is 62.6 Å². The zero-order valence-corrected chi connectivity index (χ0v) is 26.4. The van der Waals surface area contributed by atoms with Gasteiger partial charge in [0.15, 0.2) is 0 Å². The SMILES string of the molecule is COc1ccc(Nc2nc3ccc(C(C)(C)C(=O)N(CC(C)C)CC(C)C)cc3n2CCCN2CCCCC2)cc1. The summed E-state index contributed by atoms with van der Waals surface area (Å²) in [6, 6.07) is 14.3. The van der Waals surface area contributed by atoms with Crippen LogP contribution in [0.2, 0.25) is 0 Å². The number of carbonyl (C=O) groups excluding carboxylic acids is 1. The van der Waals surface area contributed by atoms with E-state index in [0.29, 0.717) is 11.8 Å². The molecule has 2 aromatic carbocycles. The molecule has 0 radical (unpaired) electrons. The largest absolute Gasteiger partial charge is 0.497 e. The van der Waals surface area contributed by atoms with Gasteiger partial charge in [0, 0.05) is 25.3 Å². The van der Waals surface area contributed by atoms with Crippen LogP contribution in [0.1, 0.15) is 72.8 Å². The highest BCUT2D eigenvalue weighted by Crippen LogP contribution is 2.32. The van der Waals surface area contributed by atoms with E-state index in [-0.39, 0.29) is 5.91 Å². The quantitative estimate of drug-likeness (QED) is 0.242. The summed E-state index contributed by atoms with van der Waals surface area (Å²) >= 11 is 0. The van der Waals surface area contributed by atoms with E-state index in [4.69, 9.17) is 9.72 Å². The van der Waals surface area contributed by atoms with Crippen LogP contribution in [0.3, 0.4) is 0 Å². The third kappa shape index (κ3) is 7.82. The average Bonchev–Trinajstić information content (AvgIpc) is 3.28. The number of piperidine rings is 1. The maximum absolute atomic E-state index is 14.0. The summed E-state index contributed by atoms with van der Waals surface area (Å²) in [4.78, 5) is 23.6. The number of ether oxygens (including phenoxy) is 1. The molecule has 41 heavy (non-hydrogen) atoms. The number of anilines is 2. The van der Waals surface area contributed by atoms with Crippen LogP contribution in [-0.4, -0.2) is 65.1 Å². The smallest absolute Gasteiger partial charge is 0.232 e. The maximum atomic E-state index is 14.0. The molecule has 1 aliphatic rings. The molecule has 0 spiro atoms. The highest BCUT2D eigenvalue weighted by Gasteiger charge is 2.35. The number of carbonyl (C=O) groups is 1. The molecule has 1 saturated heterocycles. The lowest BCUT2D eigenvalue weighted by atomic mass is 9.82. The van der Waals surface area contributed by atoms with Crippen molar-refractivity contribution in [1.29, 1.82) is 0 Å². The highest BCUT2D eigenvalue weighted by molar-refractivity contribution is 5.89. The minimum Gasteiger partial charge on any atom is -0.497 e. The number of benzene rings is 2. The van der Waals surface area contributed by atoms with E-state index >= 15 is 0 Å². The summed E-state index contributed by atoms with van der Waals surface area (Å²) in [6.45, 7) is 18.7. The van der Waals surface area contributed by atoms with Crippen LogP contribution >= 0.6 is 0 Å². The van der Waals surface area contributed by atoms with Gasteiger partial charge in [0.25, 0.3) is 0 Å². The van der Waals surface area contributed by atoms with Crippen molar-refractivity contribution >= 4 is 28.6 Å². The van der Waals surface area contributed by atoms with Crippen molar-refractivity contribution in [2.24, 2.45) is 11.8 Å². The summed E-state index contributed by atoms with van der Waals surface area (Å²) in [5, 5.41) is 3.55. The lowest BCUT2D eigenvalue weighted by molar-refractivity contribution is -0.137. The Hall–Kier alpha value is -3.06. The Labute approximate surface area is 247 Å². The van der Waals surface area contributed by atoms with E-state index in [1.54, 1.807) is 7.11 Å². The Bertz CT molecular complexity index is 1260. The van der Waals surface area contributed by atoms with Gasteiger partial charge in [-0.2, -0.15) is 0 Å². The van der Waals surface area contributed by atoms with Gasteiger partial charge in [0.1, 0.15) is 5.75 Å². The normalized spacial score (nSPS) is 14.7. The molecular weight excluding hydrogens is 510 g/mol. The number of aromatic nitrogens is 2. The third-order valence-electron chi connectivity index (χ3n) is 8.11. The summed E-state index contributed by atoms with van der Waals surface area (Å²) in [6.07, 6.45) is 5.00. The van der Waals surface area contributed by atoms with Crippen LogP contribution in [0, 0.1) is 11.8 Å². The van der Waals surface area contributed by atoms with Crippen molar-refractivity contribution in [2.45, 2.75) is 79.2 Å². The fraction of sp³-hybridized carbons (Fsp3) is 0.588. The zero-order valence-electron chi connectivity index (χ0n) is 26.4. The molecule has 0 bridgehead atoms. The summed E-state index contributed by atoms with van der Waals surface area (Å²) in [7, 11) is 1.68. The van der Waals surface area contributed by atoms with Crippen molar-refractivity contribution in [3.05, 3.63) is 48.0 Å². The van der Waals surface area contributed by atoms with Gasteiger partial charge in [-0.15, -0.1) is 0 Å². The second-order valence-corrected chi connectivity index (χ2v) is 13.0. The Morgan fingerprint density at radius 2 is 1.63 bits per heavy atom. The van der Waals surface area contributed by atoms with Gasteiger partial charge in [-0.05, 0) is 107 Å². The molecular formula is C34H51N5O2. The first-order valence-corrected chi connectivity index (χ1v) is 15.5.